The highest BCUT2D eigenvalue weighted by Gasteiger charge is 2.06. The third-order valence-corrected chi connectivity index (χ3v) is 3.13. The fourth-order valence-corrected chi connectivity index (χ4v) is 2.36. The van der Waals surface area contributed by atoms with Crippen molar-refractivity contribution in [3.05, 3.63) is 22.3 Å². The molecular formula is C10H15BrN2S. The van der Waals surface area contributed by atoms with Gasteiger partial charge in [0.15, 0.2) is 0 Å². The first-order valence-electron chi connectivity index (χ1n) is 4.47. The van der Waals surface area contributed by atoms with E-state index in [1.165, 1.54) is 5.56 Å². The highest BCUT2D eigenvalue weighted by atomic mass is 79.9. The molecule has 0 spiro atoms. The molecule has 0 fully saturated rings. The van der Waals surface area contributed by atoms with Crippen molar-refractivity contribution >= 4 is 33.5 Å². The fourth-order valence-electron chi connectivity index (χ4n) is 1.14. The summed E-state index contributed by atoms with van der Waals surface area (Å²) in [5.41, 5.74) is 1.18. The first-order valence-corrected chi connectivity index (χ1v) is 6.66. The van der Waals surface area contributed by atoms with Crippen LogP contribution in [0, 0.1) is 6.92 Å². The van der Waals surface area contributed by atoms with E-state index in [9.17, 15) is 0 Å². The largest absolute Gasteiger partial charge is 0.358 e. The lowest BCUT2D eigenvalue weighted by Crippen LogP contribution is -2.21. The van der Waals surface area contributed by atoms with Gasteiger partial charge in [-0.25, -0.2) is 4.98 Å². The van der Waals surface area contributed by atoms with Crippen LogP contribution in [0.15, 0.2) is 16.7 Å². The predicted molar refractivity (Wildman–Crippen MR) is 68.3 cm³/mol. The van der Waals surface area contributed by atoms with Gasteiger partial charge in [-0.3, -0.25) is 0 Å². The van der Waals surface area contributed by atoms with Crippen molar-refractivity contribution in [1.29, 1.82) is 0 Å². The summed E-state index contributed by atoms with van der Waals surface area (Å²) < 4.78 is 1.07. The molecular weight excluding hydrogens is 260 g/mol. The minimum Gasteiger partial charge on any atom is -0.358 e. The Morgan fingerprint density at radius 2 is 2.29 bits per heavy atom. The normalized spacial score (nSPS) is 10.3. The third-order valence-electron chi connectivity index (χ3n) is 1.95. The first kappa shape index (κ1) is 11.9. The fraction of sp³-hybridized carbons (Fsp3) is 0.500. The lowest BCUT2D eigenvalue weighted by molar-refractivity contribution is 0.939. The Bertz CT molecular complexity index is 304. The Balaban J connectivity index is 2.74. The SMILES string of the molecule is CSCCN(C)c1ncc(C)cc1Br. The number of pyridine rings is 1. The first-order chi connectivity index (χ1) is 6.65. The van der Waals surface area contributed by atoms with Crippen LogP contribution < -0.4 is 4.90 Å². The van der Waals surface area contributed by atoms with E-state index in [2.05, 4.69) is 45.2 Å². The second kappa shape index (κ2) is 5.61. The van der Waals surface area contributed by atoms with Gasteiger partial charge >= 0.3 is 0 Å². The standard InChI is InChI=1S/C10H15BrN2S/c1-8-6-9(11)10(12-7-8)13(2)4-5-14-3/h6-7H,4-5H2,1-3H3. The third kappa shape index (κ3) is 3.17. The highest BCUT2D eigenvalue weighted by Crippen LogP contribution is 2.23. The monoisotopic (exact) mass is 274 g/mol. The maximum atomic E-state index is 4.40. The second-order valence-corrected chi connectivity index (χ2v) is 5.07. The van der Waals surface area contributed by atoms with Crippen molar-refractivity contribution in [1.82, 2.24) is 4.98 Å². The van der Waals surface area contributed by atoms with Crippen LogP contribution in [0.25, 0.3) is 0 Å². The highest BCUT2D eigenvalue weighted by molar-refractivity contribution is 9.10. The van der Waals surface area contributed by atoms with Gasteiger partial charge in [-0.15, -0.1) is 0 Å². The summed E-state index contributed by atoms with van der Waals surface area (Å²) in [4.78, 5) is 6.57. The van der Waals surface area contributed by atoms with Crippen molar-refractivity contribution in [3.8, 4) is 0 Å². The minimum absolute atomic E-state index is 1.02. The van der Waals surface area contributed by atoms with E-state index in [-0.39, 0.29) is 0 Å². The second-order valence-electron chi connectivity index (χ2n) is 3.23. The Hall–Kier alpha value is -0.220. The van der Waals surface area contributed by atoms with Gasteiger partial charge in [0.1, 0.15) is 5.82 Å². The number of hydrogen-bond acceptors (Lipinski definition) is 3. The number of thioether (sulfide) groups is 1. The molecule has 1 aromatic heterocycles. The lowest BCUT2D eigenvalue weighted by Gasteiger charge is -2.18. The quantitative estimate of drug-likeness (QED) is 0.840. The summed E-state index contributed by atoms with van der Waals surface area (Å²) in [5.74, 6) is 2.14. The summed E-state index contributed by atoms with van der Waals surface area (Å²) in [7, 11) is 2.07. The summed E-state index contributed by atoms with van der Waals surface area (Å²) in [6.45, 7) is 3.07. The van der Waals surface area contributed by atoms with Crippen LogP contribution in [0.1, 0.15) is 5.56 Å². The summed E-state index contributed by atoms with van der Waals surface area (Å²) in [5, 5.41) is 0. The zero-order chi connectivity index (χ0) is 10.6. The molecule has 0 N–H and O–H groups in total. The molecule has 0 atom stereocenters. The van der Waals surface area contributed by atoms with Gasteiger partial charge in [-0.2, -0.15) is 11.8 Å². The van der Waals surface area contributed by atoms with Crippen LogP contribution in [-0.4, -0.2) is 30.6 Å². The number of rotatable bonds is 4. The molecule has 1 rings (SSSR count). The van der Waals surface area contributed by atoms with Crippen LogP contribution in [0.3, 0.4) is 0 Å². The molecule has 0 radical (unpaired) electrons. The topological polar surface area (TPSA) is 16.1 Å². The van der Waals surface area contributed by atoms with E-state index in [1.54, 1.807) is 0 Å². The molecule has 0 saturated heterocycles. The average molecular weight is 275 g/mol. The number of hydrogen-bond donors (Lipinski definition) is 0. The molecule has 78 valence electrons. The molecule has 1 aromatic rings. The van der Waals surface area contributed by atoms with Crippen molar-refractivity contribution < 1.29 is 0 Å². The van der Waals surface area contributed by atoms with Gasteiger partial charge in [0, 0.05) is 25.5 Å². The Labute approximate surface area is 98.2 Å². The molecule has 0 amide bonds. The molecule has 0 aliphatic heterocycles. The zero-order valence-electron chi connectivity index (χ0n) is 8.75. The molecule has 0 bridgehead atoms. The molecule has 1 heterocycles. The van der Waals surface area contributed by atoms with Crippen molar-refractivity contribution in [2.45, 2.75) is 6.92 Å². The van der Waals surface area contributed by atoms with Gasteiger partial charge in [0.05, 0.1) is 4.47 Å². The summed E-state index contributed by atoms with van der Waals surface area (Å²) >= 11 is 5.38. The van der Waals surface area contributed by atoms with Crippen LogP contribution in [-0.2, 0) is 0 Å². The zero-order valence-corrected chi connectivity index (χ0v) is 11.2. The average Bonchev–Trinajstić information content (AvgIpc) is 2.14. The minimum atomic E-state index is 1.02. The van der Waals surface area contributed by atoms with Crippen molar-refractivity contribution in [2.24, 2.45) is 0 Å². The van der Waals surface area contributed by atoms with Crippen LogP contribution in [0.2, 0.25) is 0 Å². The maximum absolute atomic E-state index is 4.40. The van der Waals surface area contributed by atoms with E-state index >= 15 is 0 Å². The molecule has 14 heavy (non-hydrogen) atoms. The predicted octanol–water partition coefficient (Wildman–Crippen LogP) is 2.95. The van der Waals surface area contributed by atoms with E-state index in [1.807, 2.05) is 24.9 Å². The smallest absolute Gasteiger partial charge is 0.142 e. The number of aromatic nitrogens is 1. The summed E-state index contributed by atoms with van der Waals surface area (Å²) in [6.07, 6.45) is 4.02. The van der Waals surface area contributed by atoms with Crippen molar-refractivity contribution in [3.63, 3.8) is 0 Å². The number of aryl methyl sites for hydroxylation is 1. The van der Waals surface area contributed by atoms with Crippen LogP contribution >= 0.6 is 27.7 Å². The van der Waals surface area contributed by atoms with E-state index in [0.717, 1.165) is 22.6 Å². The molecule has 2 nitrogen and oxygen atoms in total. The van der Waals surface area contributed by atoms with Crippen LogP contribution in [0.5, 0.6) is 0 Å². The molecule has 0 aliphatic carbocycles. The molecule has 0 saturated carbocycles. The molecule has 0 unspecified atom stereocenters. The van der Waals surface area contributed by atoms with Gasteiger partial charge in [0.25, 0.3) is 0 Å². The molecule has 0 aliphatic rings. The Morgan fingerprint density at radius 3 is 2.86 bits per heavy atom. The molecule has 0 aromatic carbocycles. The number of nitrogens with zero attached hydrogens (tertiary/aromatic N) is 2. The van der Waals surface area contributed by atoms with Crippen LogP contribution in [0.4, 0.5) is 5.82 Å². The maximum Gasteiger partial charge on any atom is 0.142 e. The van der Waals surface area contributed by atoms with Crippen molar-refractivity contribution in [2.75, 3.05) is 30.5 Å². The number of halogens is 1. The van der Waals surface area contributed by atoms with Gasteiger partial charge in [-0.05, 0) is 40.7 Å². The lowest BCUT2D eigenvalue weighted by atomic mass is 10.3. The van der Waals surface area contributed by atoms with Gasteiger partial charge < -0.3 is 4.90 Å². The van der Waals surface area contributed by atoms with Gasteiger partial charge in [0.2, 0.25) is 0 Å². The number of anilines is 1. The summed E-state index contributed by atoms with van der Waals surface area (Å²) in [6, 6.07) is 2.10. The van der Waals surface area contributed by atoms with E-state index in [4.69, 9.17) is 0 Å². The van der Waals surface area contributed by atoms with Gasteiger partial charge in [-0.1, -0.05) is 0 Å². The van der Waals surface area contributed by atoms with E-state index < -0.39 is 0 Å². The Morgan fingerprint density at radius 1 is 1.57 bits per heavy atom. The Kier molecular flexibility index (Phi) is 4.75. The van der Waals surface area contributed by atoms with E-state index in [0.29, 0.717) is 0 Å². The molecule has 4 heteroatoms.